The van der Waals surface area contributed by atoms with Crippen LogP contribution in [0, 0.1) is 5.92 Å². The van der Waals surface area contributed by atoms with Crippen LogP contribution < -0.4 is 0 Å². The van der Waals surface area contributed by atoms with Crippen molar-refractivity contribution in [1.29, 1.82) is 0 Å². The monoisotopic (exact) mass is 250 g/mol. The van der Waals surface area contributed by atoms with E-state index in [0.717, 1.165) is 17.8 Å². The number of hydrogen-bond acceptors (Lipinski definition) is 0. The minimum Gasteiger partial charge on any atom is -0.0836 e. The molecule has 3 rings (SSSR count). The summed E-state index contributed by atoms with van der Waals surface area (Å²) >= 11 is 3.83. The summed E-state index contributed by atoms with van der Waals surface area (Å²) in [5.74, 6) is 2.37. The average Bonchev–Trinajstić information content (AvgIpc) is 2.64. The van der Waals surface area contributed by atoms with Crippen molar-refractivity contribution in [2.45, 2.75) is 36.9 Å². The Balaban J connectivity index is 2.25. The maximum Gasteiger partial charge on any atom is 0.0429 e. The average molecular weight is 251 g/mol. The van der Waals surface area contributed by atoms with E-state index < -0.39 is 0 Å². The van der Waals surface area contributed by atoms with Crippen LogP contribution in [0.2, 0.25) is 0 Å². The zero-order valence-electron chi connectivity index (χ0n) is 8.63. The zero-order chi connectivity index (χ0) is 9.87. The van der Waals surface area contributed by atoms with Crippen LogP contribution in [0.1, 0.15) is 53.6 Å². The second kappa shape index (κ2) is 2.85. The minimum absolute atomic E-state index is 0.593. The Morgan fingerprint density at radius 3 is 2.71 bits per heavy atom. The Labute approximate surface area is 93.8 Å². The van der Waals surface area contributed by atoms with Crippen molar-refractivity contribution in [1.82, 2.24) is 0 Å². The van der Waals surface area contributed by atoms with Crippen LogP contribution in [-0.2, 0) is 0 Å². The molecule has 2 aliphatic rings. The van der Waals surface area contributed by atoms with E-state index in [9.17, 15) is 0 Å². The van der Waals surface area contributed by atoms with Gasteiger partial charge in [-0.25, -0.2) is 0 Å². The fourth-order valence-electron chi connectivity index (χ4n) is 3.29. The first-order chi connectivity index (χ1) is 6.70. The first-order valence-corrected chi connectivity index (χ1v) is 6.38. The van der Waals surface area contributed by atoms with Crippen molar-refractivity contribution in [3.05, 3.63) is 34.9 Å². The van der Waals surface area contributed by atoms with Crippen molar-refractivity contribution in [2.24, 2.45) is 5.92 Å². The Hall–Kier alpha value is -0.300. The van der Waals surface area contributed by atoms with E-state index >= 15 is 0 Å². The molecule has 2 aliphatic carbocycles. The van der Waals surface area contributed by atoms with Crippen LogP contribution in [0.5, 0.6) is 0 Å². The first kappa shape index (κ1) is 8.96. The molecule has 0 amide bonds. The lowest BCUT2D eigenvalue weighted by molar-refractivity contribution is 0.468. The van der Waals surface area contributed by atoms with Gasteiger partial charge in [-0.15, -0.1) is 0 Å². The molecule has 0 saturated carbocycles. The Kier molecular flexibility index (Phi) is 1.82. The summed E-state index contributed by atoms with van der Waals surface area (Å²) < 4.78 is 0. The molecule has 74 valence electrons. The molecule has 4 atom stereocenters. The lowest BCUT2D eigenvalue weighted by Gasteiger charge is -2.16. The van der Waals surface area contributed by atoms with Gasteiger partial charge in [-0.1, -0.05) is 48.0 Å². The maximum atomic E-state index is 3.83. The Morgan fingerprint density at radius 2 is 1.93 bits per heavy atom. The van der Waals surface area contributed by atoms with Crippen LogP contribution in [0.15, 0.2) is 18.2 Å². The standard InChI is InChI=1S/C13H15Br/c1-7-6-11-8(2)13(14)10-5-3-4-9(7)12(10)11/h3-5,7-8,11,13H,6H2,1-2H3. The summed E-state index contributed by atoms with van der Waals surface area (Å²) in [7, 11) is 0. The molecule has 0 fully saturated rings. The number of benzene rings is 1. The second-order valence-corrected chi connectivity index (χ2v) is 5.84. The molecule has 0 heterocycles. The number of rotatable bonds is 0. The third kappa shape index (κ3) is 0.942. The molecule has 0 N–H and O–H groups in total. The van der Waals surface area contributed by atoms with Gasteiger partial charge >= 0.3 is 0 Å². The van der Waals surface area contributed by atoms with Crippen molar-refractivity contribution in [3.8, 4) is 0 Å². The summed E-state index contributed by atoms with van der Waals surface area (Å²) in [5, 5.41) is 0. The Morgan fingerprint density at radius 1 is 1.21 bits per heavy atom. The van der Waals surface area contributed by atoms with E-state index in [2.05, 4.69) is 48.0 Å². The number of alkyl halides is 1. The van der Waals surface area contributed by atoms with Crippen LogP contribution in [-0.4, -0.2) is 0 Å². The lowest BCUT2D eigenvalue weighted by Crippen LogP contribution is -2.03. The first-order valence-electron chi connectivity index (χ1n) is 5.47. The third-order valence-corrected chi connectivity index (χ3v) is 5.40. The summed E-state index contributed by atoms with van der Waals surface area (Å²) in [4.78, 5) is 0.593. The normalized spacial score (nSPS) is 38.8. The SMILES string of the molecule is CC1CC2c3c1cccc3C(Br)C2C. The van der Waals surface area contributed by atoms with E-state index in [1.54, 1.807) is 16.7 Å². The highest BCUT2D eigenvalue weighted by Gasteiger charge is 2.42. The second-order valence-electron chi connectivity index (χ2n) is 4.85. The van der Waals surface area contributed by atoms with Gasteiger partial charge in [0.15, 0.2) is 0 Å². The molecule has 0 nitrogen and oxygen atoms in total. The van der Waals surface area contributed by atoms with E-state index in [0.29, 0.717) is 4.83 Å². The van der Waals surface area contributed by atoms with E-state index in [4.69, 9.17) is 0 Å². The zero-order valence-corrected chi connectivity index (χ0v) is 10.2. The largest absolute Gasteiger partial charge is 0.0836 e. The van der Waals surface area contributed by atoms with Gasteiger partial charge in [-0.2, -0.15) is 0 Å². The molecule has 4 unspecified atom stereocenters. The highest BCUT2D eigenvalue weighted by atomic mass is 79.9. The van der Waals surface area contributed by atoms with Gasteiger partial charge < -0.3 is 0 Å². The predicted octanol–water partition coefficient (Wildman–Crippen LogP) is 4.36. The lowest BCUT2D eigenvalue weighted by atomic mass is 9.93. The molecule has 1 aromatic carbocycles. The van der Waals surface area contributed by atoms with Crippen LogP contribution in [0.3, 0.4) is 0 Å². The summed E-state index contributed by atoms with van der Waals surface area (Å²) in [6, 6.07) is 6.84. The molecule has 0 aromatic heterocycles. The van der Waals surface area contributed by atoms with Crippen molar-refractivity contribution in [3.63, 3.8) is 0 Å². The molecular formula is C13H15Br. The molecule has 1 aromatic rings. The topological polar surface area (TPSA) is 0 Å². The van der Waals surface area contributed by atoms with Gasteiger partial charge in [0, 0.05) is 4.83 Å². The van der Waals surface area contributed by atoms with Crippen LogP contribution >= 0.6 is 15.9 Å². The smallest absolute Gasteiger partial charge is 0.0429 e. The maximum absolute atomic E-state index is 3.83. The number of halogens is 1. The molecule has 14 heavy (non-hydrogen) atoms. The molecule has 0 saturated heterocycles. The summed E-state index contributed by atoms with van der Waals surface area (Å²) in [6.45, 7) is 4.75. The third-order valence-electron chi connectivity index (χ3n) is 4.08. The molecule has 0 radical (unpaired) electrons. The number of hydrogen-bond donors (Lipinski definition) is 0. The van der Waals surface area contributed by atoms with E-state index in [-0.39, 0.29) is 0 Å². The van der Waals surface area contributed by atoms with E-state index in [1.807, 2.05) is 0 Å². The highest BCUT2D eigenvalue weighted by molar-refractivity contribution is 9.09. The van der Waals surface area contributed by atoms with Crippen molar-refractivity contribution < 1.29 is 0 Å². The van der Waals surface area contributed by atoms with Crippen LogP contribution in [0.4, 0.5) is 0 Å². The Bertz CT molecular complexity index is 383. The molecule has 0 spiro atoms. The summed E-state index contributed by atoms with van der Waals surface area (Å²) in [6.07, 6.45) is 1.36. The minimum atomic E-state index is 0.593. The molecule has 0 aliphatic heterocycles. The van der Waals surface area contributed by atoms with Gasteiger partial charge in [0.25, 0.3) is 0 Å². The van der Waals surface area contributed by atoms with Crippen molar-refractivity contribution in [2.75, 3.05) is 0 Å². The fourth-order valence-corrected chi connectivity index (χ4v) is 4.06. The van der Waals surface area contributed by atoms with Gasteiger partial charge in [-0.05, 0) is 40.9 Å². The molecule has 1 heteroatoms. The quantitative estimate of drug-likeness (QED) is 0.601. The highest BCUT2D eigenvalue weighted by Crippen LogP contribution is 2.58. The van der Waals surface area contributed by atoms with Gasteiger partial charge in [0.05, 0.1) is 0 Å². The van der Waals surface area contributed by atoms with Gasteiger partial charge in [0.2, 0.25) is 0 Å². The fraction of sp³-hybridized carbons (Fsp3) is 0.538. The van der Waals surface area contributed by atoms with Gasteiger partial charge in [0.1, 0.15) is 0 Å². The summed E-state index contributed by atoms with van der Waals surface area (Å²) in [5.41, 5.74) is 4.85. The predicted molar refractivity (Wildman–Crippen MR) is 63.0 cm³/mol. The van der Waals surface area contributed by atoms with Crippen LogP contribution in [0.25, 0.3) is 0 Å². The molecular weight excluding hydrogens is 236 g/mol. The van der Waals surface area contributed by atoms with Crippen molar-refractivity contribution >= 4 is 15.9 Å². The molecule has 0 bridgehead atoms. The van der Waals surface area contributed by atoms with E-state index in [1.165, 1.54) is 6.42 Å². The van der Waals surface area contributed by atoms with Gasteiger partial charge in [-0.3, -0.25) is 0 Å².